The van der Waals surface area contributed by atoms with Gasteiger partial charge in [0.2, 0.25) is 10.0 Å². The predicted octanol–water partition coefficient (Wildman–Crippen LogP) is 3.33. The van der Waals surface area contributed by atoms with E-state index in [1.165, 1.54) is 4.31 Å². The number of carbonyl (C=O) groups is 1. The number of carbonyl (C=O) groups excluding carboxylic acids is 1. The number of rotatable bonds is 4. The topological polar surface area (TPSA) is 83.5 Å². The summed E-state index contributed by atoms with van der Waals surface area (Å²) in [6.07, 6.45) is 7.03. The van der Waals surface area contributed by atoms with Gasteiger partial charge in [0.15, 0.2) is 0 Å². The fourth-order valence-corrected chi connectivity index (χ4v) is 6.05. The lowest BCUT2D eigenvalue weighted by Crippen LogP contribution is -2.41. The minimum atomic E-state index is -3.69. The van der Waals surface area contributed by atoms with Gasteiger partial charge in [-0.25, -0.2) is 18.4 Å². The molecule has 0 saturated carbocycles. The first-order chi connectivity index (χ1) is 14.5. The molecule has 30 heavy (non-hydrogen) atoms. The molecule has 160 valence electrons. The van der Waals surface area contributed by atoms with Crippen molar-refractivity contribution in [2.45, 2.75) is 56.4 Å². The van der Waals surface area contributed by atoms with Crippen LogP contribution in [-0.4, -0.2) is 53.1 Å². The highest BCUT2D eigenvalue weighted by Gasteiger charge is 2.38. The highest BCUT2D eigenvalue weighted by atomic mass is 32.2. The van der Waals surface area contributed by atoms with Crippen molar-refractivity contribution >= 4 is 15.9 Å². The third-order valence-corrected chi connectivity index (χ3v) is 7.85. The number of sulfonamides is 1. The van der Waals surface area contributed by atoms with E-state index in [4.69, 9.17) is 0 Å². The smallest absolute Gasteiger partial charge is 0.257 e. The van der Waals surface area contributed by atoms with Gasteiger partial charge in [0.1, 0.15) is 5.82 Å². The lowest BCUT2D eigenvalue weighted by atomic mass is 9.97. The molecule has 0 radical (unpaired) electrons. The molecule has 4 rings (SSSR count). The molecule has 2 aromatic rings. The summed E-state index contributed by atoms with van der Waals surface area (Å²) in [7, 11) is -3.69. The summed E-state index contributed by atoms with van der Waals surface area (Å²) in [6, 6.07) is 8.03. The van der Waals surface area contributed by atoms with Crippen molar-refractivity contribution in [3.63, 3.8) is 0 Å². The Hall–Kier alpha value is -2.32. The number of benzene rings is 1. The molecule has 0 bridgehead atoms. The van der Waals surface area contributed by atoms with Crippen LogP contribution in [0.3, 0.4) is 0 Å². The lowest BCUT2D eigenvalue weighted by molar-refractivity contribution is 0.0719. The van der Waals surface area contributed by atoms with E-state index in [2.05, 4.69) is 9.97 Å². The average molecular weight is 429 g/mol. The van der Waals surface area contributed by atoms with Crippen molar-refractivity contribution in [3.8, 4) is 0 Å². The zero-order valence-electron chi connectivity index (χ0n) is 17.3. The number of nitrogens with zero attached hydrogens (tertiary/aromatic N) is 4. The molecule has 1 aromatic carbocycles. The van der Waals surface area contributed by atoms with Gasteiger partial charge in [-0.2, -0.15) is 4.31 Å². The Balaban J connectivity index is 1.74. The molecule has 8 heteroatoms. The predicted molar refractivity (Wildman–Crippen MR) is 113 cm³/mol. The Morgan fingerprint density at radius 2 is 1.70 bits per heavy atom. The van der Waals surface area contributed by atoms with E-state index >= 15 is 0 Å². The first-order valence-corrected chi connectivity index (χ1v) is 12.1. The quantitative estimate of drug-likeness (QED) is 0.746. The van der Waals surface area contributed by atoms with Gasteiger partial charge in [0.05, 0.1) is 22.2 Å². The zero-order valence-corrected chi connectivity index (χ0v) is 18.1. The number of hydrogen-bond acceptors (Lipinski definition) is 5. The van der Waals surface area contributed by atoms with Crippen LogP contribution in [0.5, 0.6) is 0 Å². The highest BCUT2D eigenvalue weighted by Crippen LogP contribution is 2.36. The second-order valence-corrected chi connectivity index (χ2v) is 9.90. The molecule has 1 aromatic heterocycles. The van der Waals surface area contributed by atoms with Crippen molar-refractivity contribution in [2.24, 2.45) is 0 Å². The minimum Gasteiger partial charge on any atom is -0.339 e. The minimum absolute atomic E-state index is 0.0904. The van der Waals surface area contributed by atoms with E-state index in [1.54, 1.807) is 43.5 Å². The summed E-state index contributed by atoms with van der Waals surface area (Å²) in [5.74, 6) is 0.454. The first-order valence-electron chi connectivity index (χ1n) is 10.7. The molecule has 3 heterocycles. The Morgan fingerprint density at radius 1 is 1.00 bits per heavy atom. The van der Waals surface area contributed by atoms with Crippen LogP contribution >= 0.6 is 0 Å². The molecule has 0 N–H and O–H groups in total. The molecule has 2 aliphatic heterocycles. The van der Waals surface area contributed by atoms with Crippen LogP contribution in [0.1, 0.15) is 66.4 Å². The number of amides is 1. The van der Waals surface area contributed by atoms with E-state index < -0.39 is 16.1 Å². The molecule has 2 fully saturated rings. The standard InChI is InChI=1S/C22H28N4O3S/c1-17-23-16-19(22(27)25-13-7-3-8-14-25)21(24-17)20-12-6-9-15-26(20)30(28,29)18-10-4-2-5-11-18/h2,4-5,10-11,16,20H,3,6-9,12-15H2,1H3. The Bertz CT molecular complexity index is 1000. The molecular formula is C22H28N4O3S. The van der Waals surface area contributed by atoms with Crippen molar-refractivity contribution in [1.29, 1.82) is 0 Å². The lowest BCUT2D eigenvalue weighted by Gasteiger charge is -2.35. The molecule has 2 aliphatic rings. The molecule has 2 saturated heterocycles. The van der Waals surface area contributed by atoms with Crippen LogP contribution in [-0.2, 0) is 10.0 Å². The van der Waals surface area contributed by atoms with Crippen LogP contribution in [0.25, 0.3) is 0 Å². The monoisotopic (exact) mass is 428 g/mol. The van der Waals surface area contributed by atoms with Gasteiger partial charge < -0.3 is 4.90 Å². The Kier molecular flexibility index (Phi) is 6.15. The zero-order chi connectivity index (χ0) is 21.1. The van der Waals surface area contributed by atoms with Crippen molar-refractivity contribution < 1.29 is 13.2 Å². The highest BCUT2D eigenvalue weighted by molar-refractivity contribution is 7.89. The SMILES string of the molecule is Cc1ncc(C(=O)N2CCCCC2)c(C2CCCCN2S(=O)(=O)c2ccccc2)n1. The van der Waals surface area contributed by atoms with E-state index in [1.807, 2.05) is 4.90 Å². The largest absolute Gasteiger partial charge is 0.339 e. The summed E-state index contributed by atoms with van der Waals surface area (Å²) in [5, 5.41) is 0. The second-order valence-electron chi connectivity index (χ2n) is 8.01. The number of aromatic nitrogens is 2. The number of piperidine rings is 2. The maximum Gasteiger partial charge on any atom is 0.257 e. The fourth-order valence-electron chi connectivity index (χ4n) is 4.37. The van der Waals surface area contributed by atoms with Crippen molar-refractivity contribution in [3.05, 3.63) is 53.6 Å². The maximum absolute atomic E-state index is 13.4. The van der Waals surface area contributed by atoms with E-state index in [0.29, 0.717) is 30.0 Å². The summed E-state index contributed by atoms with van der Waals surface area (Å²) >= 11 is 0. The summed E-state index contributed by atoms with van der Waals surface area (Å²) in [6.45, 7) is 3.64. The molecule has 1 atom stereocenters. The molecule has 0 spiro atoms. The third kappa shape index (κ3) is 4.11. The molecule has 1 unspecified atom stereocenters. The average Bonchev–Trinajstić information content (AvgIpc) is 2.80. The van der Waals surface area contributed by atoms with Crippen LogP contribution in [0.15, 0.2) is 41.4 Å². The van der Waals surface area contributed by atoms with Crippen LogP contribution < -0.4 is 0 Å². The summed E-state index contributed by atoms with van der Waals surface area (Å²) in [5.41, 5.74) is 0.972. The van der Waals surface area contributed by atoms with Gasteiger partial charge in [-0.05, 0) is 51.2 Å². The van der Waals surface area contributed by atoms with Gasteiger partial charge in [0.25, 0.3) is 5.91 Å². The maximum atomic E-state index is 13.4. The van der Waals surface area contributed by atoms with Gasteiger partial charge in [-0.15, -0.1) is 0 Å². The van der Waals surface area contributed by atoms with E-state index in [0.717, 1.165) is 45.2 Å². The van der Waals surface area contributed by atoms with Crippen LogP contribution in [0.4, 0.5) is 0 Å². The van der Waals surface area contributed by atoms with Crippen LogP contribution in [0, 0.1) is 6.92 Å². The summed E-state index contributed by atoms with van der Waals surface area (Å²) in [4.78, 5) is 24.3. The second kappa shape index (κ2) is 8.81. The molecule has 1 amide bonds. The van der Waals surface area contributed by atoms with Gasteiger partial charge >= 0.3 is 0 Å². The molecular weight excluding hydrogens is 400 g/mol. The van der Waals surface area contributed by atoms with Crippen LogP contribution in [0.2, 0.25) is 0 Å². The molecule has 0 aliphatic carbocycles. The normalized spacial score (nSPS) is 20.8. The van der Waals surface area contributed by atoms with Crippen molar-refractivity contribution in [1.82, 2.24) is 19.2 Å². The number of hydrogen-bond donors (Lipinski definition) is 0. The fraction of sp³-hybridized carbons (Fsp3) is 0.500. The number of aryl methyl sites for hydroxylation is 1. The molecule has 7 nitrogen and oxygen atoms in total. The van der Waals surface area contributed by atoms with Gasteiger partial charge in [0, 0.05) is 25.8 Å². The van der Waals surface area contributed by atoms with E-state index in [9.17, 15) is 13.2 Å². The van der Waals surface area contributed by atoms with Gasteiger partial charge in [-0.1, -0.05) is 24.6 Å². The summed E-state index contributed by atoms with van der Waals surface area (Å²) < 4.78 is 28.4. The van der Waals surface area contributed by atoms with Gasteiger partial charge in [-0.3, -0.25) is 4.79 Å². The Labute approximate surface area is 178 Å². The van der Waals surface area contributed by atoms with Crippen molar-refractivity contribution in [2.75, 3.05) is 19.6 Å². The number of likely N-dealkylation sites (tertiary alicyclic amines) is 1. The Morgan fingerprint density at radius 3 is 2.43 bits per heavy atom. The first kappa shape index (κ1) is 20.9. The van der Waals surface area contributed by atoms with E-state index in [-0.39, 0.29) is 10.8 Å². The third-order valence-electron chi connectivity index (χ3n) is 5.93.